The summed E-state index contributed by atoms with van der Waals surface area (Å²) in [4.78, 5) is 0. The Kier molecular flexibility index (Phi) is 7.29. The third-order valence-corrected chi connectivity index (χ3v) is 2.84. The predicted molar refractivity (Wildman–Crippen MR) is 72.5 cm³/mol. The minimum absolute atomic E-state index is 0. The van der Waals surface area contributed by atoms with Crippen LogP contribution in [0.15, 0.2) is 48.5 Å². The summed E-state index contributed by atoms with van der Waals surface area (Å²) >= 11 is 0. The number of hydrogen-bond acceptors (Lipinski definition) is 2. The Balaban J connectivity index is 0.00000220. The fourth-order valence-electron chi connectivity index (χ4n) is 1.77. The second kappa shape index (κ2) is 8.24. The van der Waals surface area contributed by atoms with Gasteiger partial charge in [0.15, 0.2) is 0 Å². The third kappa shape index (κ3) is 5.34. The smallest absolute Gasteiger partial charge is 0.496 e. The van der Waals surface area contributed by atoms with Gasteiger partial charge in [0, 0.05) is 5.56 Å². The molecule has 0 radical (unpaired) electrons. The average Bonchev–Trinajstić information content (AvgIpc) is 2.45. The van der Waals surface area contributed by atoms with E-state index < -0.39 is 12.4 Å². The van der Waals surface area contributed by atoms with Gasteiger partial charge in [-0.3, -0.25) is 0 Å². The van der Waals surface area contributed by atoms with E-state index in [-0.39, 0.29) is 58.0 Å². The largest absolute Gasteiger partial charge is 1.00 e. The molecule has 0 aromatic heterocycles. The monoisotopic (exact) mass is 320 g/mol. The van der Waals surface area contributed by atoms with E-state index in [9.17, 15) is 12.9 Å². The molecule has 0 heterocycles. The minimum Gasteiger partial charge on any atom is -0.496 e. The number of benzene rings is 2. The molecule has 106 valence electrons. The zero-order chi connectivity index (χ0) is 14.6. The molecule has 0 unspecified atom stereocenters. The van der Waals surface area contributed by atoms with Crippen LogP contribution in [0.1, 0.15) is 5.56 Å². The van der Waals surface area contributed by atoms with Crippen LogP contribution >= 0.6 is 0 Å². The van der Waals surface area contributed by atoms with Gasteiger partial charge in [-0.1, -0.05) is 30.3 Å². The molecule has 0 saturated carbocycles. The number of rotatable bonds is 5. The van der Waals surface area contributed by atoms with Crippen LogP contribution in [0, 0.1) is 0 Å². The first-order chi connectivity index (χ1) is 9.50. The van der Waals surface area contributed by atoms with Gasteiger partial charge >= 0.3 is 58.4 Å². The Morgan fingerprint density at radius 1 is 0.952 bits per heavy atom. The van der Waals surface area contributed by atoms with E-state index >= 15 is 0 Å². The molecule has 0 amide bonds. The molecule has 0 fully saturated rings. The average molecular weight is 320 g/mol. The normalized spacial score (nSPS) is 10.7. The summed E-state index contributed by atoms with van der Waals surface area (Å²) in [5, 5.41) is 0. The first-order valence-corrected chi connectivity index (χ1v) is 6.05. The van der Waals surface area contributed by atoms with E-state index in [1.165, 1.54) is 12.1 Å². The molecule has 0 atom stereocenters. The summed E-state index contributed by atoms with van der Waals surface area (Å²) in [6, 6.07) is 12.0. The molecule has 0 saturated heterocycles. The van der Waals surface area contributed by atoms with Crippen LogP contribution in [-0.4, -0.2) is 14.1 Å². The van der Waals surface area contributed by atoms with Crippen molar-refractivity contribution in [1.29, 1.82) is 0 Å². The maximum Gasteiger partial charge on any atom is 1.00 e. The topological polar surface area (TPSA) is 18.5 Å². The van der Waals surface area contributed by atoms with Crippen LogP contribution in [0.25, 0.3) is 0 Å². The predicted octanol–water partition coefficient (Wildman–Crippen LogP) is 0.333. The van der Waals surface area contributed by atoms with Crippen LogP contribution in [0.2, 0.25) is 0 Å². The summed E-state index contributed by atoms with van der Waals surface area (Å²) < 4.78 is 48.1. The number of para-hydroxylation sites is 1. The summed E-state index contributed by atoms with van der Waals surface area (Å²) in [7, 11) is 1.55. The van der Waals surface area contributed by atoms with Gasteiger partial charge in [-0.2, -0.15) is 0 Å². The SMILES string of the molecule is COc1ccccc1COc1ccc([B-](F)(F)F)cc1.[K+]. The summed E-state index contributed by atoms with van der Waals surface area (Å²) in [6.07, 6.45) is 0. The molecule has 0 aliphatic rings. The van der Waals surface area contributed by atoms with Gasteiger partial charge < -0.3 is 22.4 Å². The number of halogens is 3. The van der Waals surface area contributed by atoms with Gasteiger partial charge in [-0.25, -0.2) is 0 Å². The van der Waals surface area contributed by atoms with E-state index in [1.54, 1.807) is 13.2 Å². The second-order valence-electron chi connectivity index (χ2n) is 4.24. The van der Waals surface area contributed by atoms with Crippen molar-refractivity contribution in [2.75, 3.05) is 7.11 Å². The van der Waals surface area contributed by atoms with Crippen molar-refractivity contribution < 1.29 is 73.8 Å². The van der Waals surface area contributed by atoms with Crippen molar-refractivity contribution in [2.45, 2.75) is 6.61 Å². The number of methoxy groups -OCH3 is 1. The van der Waals surface area contributed by atoms with Gasteiger partial charge in [0.05, 0.1) is 7.11 Å². The fourth-order valence-corrected chi connectivity index (χ4v) is 1.77. The van der Waals surface area contributed by atoms with E-state index in [0.717, 1.165) is 17.7 Å². The Hall–Kier alpha value is -0.469. The molecule has 0 N–H and O–H groups in total. The number of hydrogen-bond donors (Lipinski definition) is 0. The fraction of sp³-hybridized carbons (Fsp3) is 0.143. The van der Waals surface area contributed by atoms with E-state index in [2.05, 4.69) is 0 Å². The molecular formula is C14H13BF3KO2. The molecule has 21 heavy (non-hydrogen) atoms. The van der Waals surface area contributed by atoms with Gasteiger partial charge in [0.2, 0.25) is 0 Å². The molecule has 0 aliphatic heterocycles. The molecule has 7 heteroatoms. The van der Waals surface area contributed by atoms with Gasteiger partial charge in [-0.15, -0.1) is 5.46 Å². The van der Waals surface area contributed by atoms with Crippen LogP contribution < -0.4 is 66.3 Å². The van der Waals surface area contributed by atoms with Crippen molar-refractivity contribution in [3.05, 3.63) is 54.1 Å². The van der Waals surface area contributed by atoms with Crippen LogP contribution in [-0.2, 0) is 6.61 Å². The van der Waals surface area contributed by atoms with E-state index in [4.69, 9.17) is 9.47 Å². The summed E-state index contributed by atoms with van der Waals surface area (Å²) in [5.74, 6) is 1.07. The molecule has 0 bridgehead atoms. The first-order valence-electron chi connectivity index (χ1n) is 6.05. The molecule has 0 spiro atoms. The second-order valence-corrected chi connectivity index (χ2v) is 4.24. The molecule has 2 rings (SSSR count). The standard InChI is InChI=1S/C14H13BF3O2.K/c1-19-14-5-3-2-4-11(14)10-20-13-8-6-12(7-9-13)15(16,17)18;/h2-9H,10H2,1H3;/q-1;+1. The van der Waals surface area contributed by atoms with Crippen LogP contribution in [0.5, 0.6) is 11.5 Å². The van der Waals surface area contributed by atoms with Gasteiger partial charge in [0.25, 0.3) is 0 Å². The third-order valence-electron chi connectivity index (χ3n) is 2.84. The number of ether oxygens (including phenoxy) is 2. The Morgan fingerprint density at radius 3 is 2.14 bits per heavy atom. The maximum absolute atomic E-state index is 12.5. The van der Waals surface area contributed by atoms with Gasteiger partial charge in [0.1, 0.15) is 18.1 Å². The molecule has 2 nitrogen and oxygen atoms in total. The first kappa shape index (κ1) is 18.6. The summed E-state index contributed by atoms with van der Waals surface area (Å²) in [6.45, 7) is -4.73. The Bertz CT molecular complexity index is 573. The maximum atomic E-state index is 12.5. The van der Waals surface area contributed by atoms with Crippen molar-refractivity contribution >= 4 is 12.4 Å². The summed E-state index contributed by atoms with van der Waals surface area (Å²) in [5.41, 5.74) is 0.203. The van der Waals surface area contributed by atoms with E-state index in [1.807, 2.05) is 18.2 Å². The minimum atomic E-state index is -4.96. The van der Waals surface area contributed by atoms with Crippen molar-refractivity contribution in [3.8, 4) is 11.5 Å². The quantitative estimate of drug-likeness (QED) is 0.740. The van der Waals surface area contributed by atoms with Crippen molar-refractivity contribution in [3.63, 3.8) is 0 Å². The zero-order valence-corrected chi connectivity index (χ0v) is 15.0. The van der Waals surface area contributed by atoms with E-state index in [0.29, 0.717) is 11.5 Å². The van der Waals surface area contributed by atoms with Crippen LogP contribution in [0.3, 0.4) is 0 Å². The Labute approximate surface area is 164 Å². The molecule has 2 aromatic carbocycles. The molecule has 0 aliphatic carbocycles. The zero-order valence-electron chi connectivity index (χ0n) is 11.9. The van der Waals surface area contributed by atoms with Gasteiger partial charge in [-0.05, 0) is 18.2 Å². The Morgan fingerprint density at radius 2 is 1.57 bits per heavy atom. The molecular weight excluding hydrogens is 307 g/mol. The van der Waals surface area contributed by atoms with Crippen LogP contribution in [0.4, 0.5) is 12.9 Å². The molecule has 2 aromatic rings. The van der Waals surface area contributed by atoms with Crippen molar-refractivity contribution in [2.24, 2.45) is 0 Å². The van der Waals surface area contributed by atoms with Crippen molar-refractivity contribution in [1.82, 2.24) is 0 Å².